The van der Waals surface area contributed by atoms with Crippen molar-refractivity contribution in [3.05, 3.63) is 34.9 Å². The van der Waals surface area contributed by atoms with Gasteiger partial charge in [0.25, 0.3) is 0 Å². The Bertz CT molecular complexity index is 372. The van der Waals surface area contributed by atoms with Crippen LogP contribution in [-0.4, -0.2) is 13.1 Å². The molecule has 0 aromatic carbocycles. The fourth-order valence-corrected chi connectivity index (χ4v) is 2.32. The highest BCUT2D eigenvalue weighted by Crippen LogP contribution is 2.28. The Morgan fingerprint density at radius 1 is 1.25 bits per heavy atom. The predicted molar refractivity (Wildman–Crippen MR) is 64.0 cm³/mol. The fourth-order valence-electron chi connectivity index (χ4n) is 2.32. The van der Waals surface area contributed by atoms with Gasteiger partial charge in [-0.1, -0.05) is 17.7 Å². The standard InChI is InChI=1S/C14H18O2/c1-16-14(15)13(12-8-4-5-9-12)10-11-6-2-3-7-11/h6,8,10H,2-5,7,9H2,1H3. The third kappa shape index (κ3) is 2.43. The average Bonchev–Trinajstić information content (AvgIpc) is 2.97. The molecule has 0 fully saturated rings. The minimum atomic E-state index is -0.194. The van der Waals surface area contributed by atoms with Crippen LogP contribution >= 0.6 is 0 Å². The van der Waals surface area contributed by atoms with Gasteiger partial charge in [-0.2, -0.15) is 0 Å². The van der Waals surface area contributed by atoms with Gasteiger partial charge < -0.3 is 4.74 Å². The number of allylic oxidation sites excluding steroid dienone is 4. The number of carbonyl (C=O) groups excluding carboxylic acids is 1. The van der Waals surface area contributed by atoms with Crippen molar-refractivity contribution >= 4 is 5.97 Å². The highest BCUT2D eigenvalue weighted by atomic mass is 16.5. The number of carbonyl (C=O) groups is 1. The van der Waals surface area contributed by atoms with Crippen molar-refractivity contribution in [3.8, 4) is 0 Å². The molecule has 0 heterocycles. The van der Waals surface area contributed by atoms with Crippen LogP contribution in [0.15, 0.2) is 34.9 Å². The molecule has 2 aliphatic rings. The predicted octanol–water partition coefficient (Wildman–Crippen LogP) is 3.31. The van der Waals surface area contributed by atoms with E-state index < -0.39 is 0 Å². The maximum absolute atomic E-state index is 11.7. The van der Waals surface area contributed by atoms with Gasteiger partial charge in [-0.15, -0.1) is 0 Å². The minimum absolute atomic E-state index is 0.194. The Morgan fingerprint density at radius 3 is 2.56 bits per heavy atom. The van der Waals surface area contributed by atoms with E-state index >= 15 is 0 Å². The van der Waals surface area contributed by atoms with Gasteiger partial charge in [0.15, 0.2) is 0 Å². The van der Waals surface area contributed by atoms with Gasteiger partial charge in [0.2, 0.25) is 0 Å². The zero-order valence-corrected chi connectivity index (χ0v) is 9.79. The zero-order valence-electron chi connectivity index (χ0n) is 9.79. The first-order valence-electron chi connectivity index (χ1n) is 5.99. The smallest absolute Gasteiger partial charge is 0.338 e. The highest BCUT2D eigenvalue weighted by molar-refractivity contribution is 5.94. The monoisotopic (exact) mass is 218 g/mol. The van der Waals surface area contributed by atoms with Gasteiger partial charge in [0, 0.05) is 0 Å². The van der Waals surface area contributed by atoms with E-state index in [0.717, 1.165) is 37.7 Å². The Morgan fingerprint density at radius 2 is 2.00 bits per heavy atom. The summed E-state index contributed by atoms with van der Waals surface area (Å²) in [4.78, 5) is 11.7. The summed E-state index contributed by atoms with van der Waals surface area (Å²) in [7, 11) is 1.45. The number of esters is 1. The van der Waals surface area contributed by atoms with Gasteiger partial charge >= 0.3 is 5.97 Å². The third-order valence-electron chi connectivity index (χ3n) is 3.20. The van der Waals surface area contributed by atoms with Crippen molar-refractivity contribution in [2.75, 3.05) is 7.11 Å². The van der Waals surface area contributed by atoms with E-state index in [1.54, 1.807) is 0 Å². The Kier molecular flexibility index (Phi) is 3.60. The van der Waals surface area contributed by atoms with Crippen LogP contribution < -0.4 is 0 Å². The van der Waals surface area contributed by atoms with Crippen molar-refractivity contribution in [1.82, 2.24) is 0 Å². The van der Waals surface area contributed by atoms with Gasteiger partial charge in [0.05, 0.1) is 12.7 Å². The Balaban J connectivity index is 2.23. The van der Waals surface area contributed by atoms with Crippen LogP contribution in [0, 0.1) is 0 Å². The topological polar surface area (TPSA) is 26.3 Å². The molecule has 0 aromatic heterocycles. The number of ether oxygens (including phenoxy) is 1. The lowest BCUT2D eigenvalue weighted by atomic mass is 10.0. The molecule has 0 saturated heterocycles. The summed E-state index contributed by atoms with van der Waals surface area (Å²) in [5.41, 5.74) is 3.22. The second-order valence-electron chi connectivity index (χ2n) is 4.34. The third-order valence-corrected chi connectivity index (χ3v) is 3.20. The summed E-state index contributed by atoms with van der Waals surface area (Å²) < 4.78 is 4.86. The van der Waals surface area contributed by atoms with Gasteiger partial charge in [-0.3, -0.25) is 0 Å². The van der Waals surface area contributed by atoms with Crippen LogP contribution in [-0.2, 0) is 9.53 Å². The first-order valence-corrected chi connectivity index (χ1v) is 5.99. The van der Waals surface area contributed by atoms with Gasteiger partial charge in [-0.25, -0.2) is 4.79 Å². The van der Waals surface area contributed by atoms with Crippen molar-refractivity contribution in [2.24, 2.45) is 0 Å². The van der Waals surface area contributed by atoms with E-state index in [0.29, 0.717) is 0 Å². The lowest BCUT2D eigenvalue weighted by molar-refractivity contribution is -0.135. The summed E-state index contributed by atoms with van der Waals surface area (Å²) in [6, 6.07) is 0. The summed E-state index contributed by atoms with van der Waals surface area (Å²) in [6.07, 6.45) is 13.1. The Hall–Kier alpha value is -1.31. The fraction of sp³-hybridized carbons (Fsp3) is 0.500. The van der Waals surface area contributed by atoms with Crippen LogP contribution in [0.4, 0.5) is 0 Å². The molecule has 0 N–H and O–H groups in total. The first-order chi connectivity index (χ1) is 7.81. The van der Waals surface area contributed by atoms with Crippen molar-refractivity contribution < 1.29 is 9.53 Å². The summed E-state index contributed by atoms with van der Waals surface area (Å²) >= 11 is 0. The van der Waals surface area contributed by atoms with Crippen molar-refractivity contribution in [2.45, 2.75) is 38.5 Å². The van der Waals surface area contributed by atoms with E-state index in [1.165, 1.54) is 24.7 Å². The molecule has 0 radical (unpaired) electrons. The lowest BCUT2D eigenvalue weighted by Gasteiger charge is -2.07. The molecule has 0 saturated carbocycles. The summed E-state index contributed by atoms with van der Waals surface area (Å²) in [5, 5.41) is 0. The number of rotatable bonds is 3. The molecule has 16 heavy (non-hydrogen) atoms. The largest absolute Gasteiger partial charge is 0.465 e. The molecule has 0 aliphatic heterocycles. The molecular formula is C14H18O2. The lowest BCUT2D eigenvalue weighted by Crippen LogP contribution is -2.06. The number of hydrogen-bond acceptors (Lipinski definition) is 2. The van der Waals surface area contributed by atoms with Crippen molar-refractivity contribution in [1.29, 1.82) is 0 Å². The number of hydrogen-bond donors (Lipinski definition) is 0. The molecule has 2 heteroatoms. The van der Waals surface area contributed by atoms with E-state index in [9.17, 15) is 4.79 Å². The molecule has 86 valence electrons. The molecule has 0 unspecified atom stereocenters. The molecule has 0 aromatic rings. The Labute approximate surface area is 96.7 Å². The van der Waals surface area contributed by atoms with E-state index in [1.807, 2.05) is 6.08 Å². The summed E-state index contributed by atoms with van der Waals surface area (Å²) in [6.45, 7) is 0. The molecule has 2 aliphatic carbocycles. The van der Waals surface area contributed by atoms with E-state index in [2.05, 4.69) is 12.2 Å². The van der Waals surface area contributed by atoms with Gasteiger partial charge in [0.1, 0.15) is 0 Å². The highest BCUT2D eigenvalue weighted by Gasteiger charge is 2.18. The van der Waals surface area contributed by atoms with Crippen LogP contribution in [0.1, 0.15) is 38.5 Å². The zero-order chi connectivity index (χ0) is 11.4. The normalized spacial score (nSPS) is 20.7. The van der Waals surface area contributed by atoms with Gasteiger partial charge in [-0.05, 0) is 50.2 Å². The van der Waals surface area contributed by atoms with Crippen LogP contribution in [0.5, 0.6) is 0 Å². The molecule has 2 rings (SSSR count). The molecule has 0 amide bonds. The minimum Gasteiger partial charge on any atom is -0.465 e. The van der Waals surface area contributed by atoms with Crippen molar-refractivity contribution in [3.63, 3.8) is 0 Å². The molecular weight excluding hydrogens is 200 g/mol. The average molecular weight is 218 g/mol. The van der Waals surface area contributed by atoms with E-state index in [4.69, 9.17) is 4.74 Å². The maximum atomic E-state index is 11.7. The second-order valence-corrected chi connectivity index (χ2v) is 4.34. The number of methoxy groups -OCH3 is 1. The molecule has 0 atom stereocenters. The molecule has 0 bridgehead atoms. The van der Waals surface area contributed by atoms with Crippen LogP contribution in [0.3, 0.4) is 0 Å². The summed E-state index contributed by atoms with van der Waals surface area (Å²) in [5.74, 6) is -0.194. The van der Waals surface area contributed by atoms with Crippen LogP contribution in [0.25, 0.3) is 0 Å². The molecule has 0 spiro atoms. The maximum Gasteiger partial charge on any atom is 0.338 e. The van der Waals surface area contributed by atoms with E-state index in [-0.39, 0.29) is 5.97 Å². The SMILES string of the molecule is COC(=O)C(=CC1=CCCC1)C1=CCCC1. The quantitative estimate of drug-likeness (QED) is 0.536. The molecule has 2 nitrogen and oxygen atoms in total. The second kappa shape index (κ2) is 5.15. The van der Waals surface area contributed by atoms with Crippen LogP contribution in [0.2, 0.25) is 0 Å². The first kappa shape index (κ1) is 11.2.